The number of non-ortho nitro benzene ring substituents is 1. The van der Waals surface area contributed by atoms with Crippen LogP contribution in [0.25, 0.3) is 0 Å². The van der Waals surface area contributed by atoms with E-state index in [2.05, 4.69) is 6.92 Å². The second-order valence-electron chi connectivity index (χ2n) is 7.83. The maximum Gasteiger partial charge on any atom is 0.343 e. The third-order valence-electron chi connectivity index (χ3n) is 5.81. The molecule has 1 saturated heterocycles. The van der Waals surface area contributed by atoms with Crippen LogP contribution in [0.2, 0.25) is 0 Å². The van der Waals surface area contributed by atoms with Crippen LogP contribution in [0.3, 0.4) is 0 Å². The van der Waals surface area contributed by atoms with Crippen molar-refractivity contribution >= 4 is 29.2 Å². The molecule has 2 aromatic carbocycles. The Hall–Kier alpha value is -3.55. The number of anilines is 1. The maximum absolute atomic E-state index is 12.8. The predicted octanol–water partition coefficient (Wildman–Crippen LogP) is 3.74. The van der Waals surface area contributed by atoms with Crippen molar-refractivity contribution < 1.29 is 24.0 Å². The van der Waals surface area contributed by atoms with E-state index in [0.29, 0.717) is 11.6 Å². The standard InChI is InChI=1S/C22H20N2O6/c1-13-2-11-18-19(12-13)21(26)23(20(18)25)15-5-3-14(4-6-15)22(27)30-17-9-7-16(8-10-17)24(28)29/h3-10,13,18-19H,2,11-12H2,1H3/t13-,18+,19-/m1/s1. The molecule has 8 heteroatoms. The lowest BCUT2D eigenvalue weighted by Gasteiger charge is -2.25. The number of nitrogens with zero attached hydrogens (tertiary/aromatic N) is 2. The Labute approximate surface area is 172 Å². The average Bonchev–Trinajstić information content (AvgIpc) is 2.98. The van der Waals surface area contributed by atoms with Gasteiger partial charge in [0.05, 0.1) is 28.0 Å². The van der Waals surface area contributed by atoms with Crippen LogP contribution in [-0.4, -0.2) is 22.7 Å². The van der Waals surface area contributed by atoms with Crippen LogP contribution < -0.4 is 9.64 Å². The molecule has 0 N–H and O–H groups in total. The molecule has 1 saturated carbocycles. The van der Waals surface area contributed by atoms with Crippen molar-refractivity contribution in [3.63, 3.8) is 0 Å². The van der Waals surface area contributed by atoms with Crippen LogP contribution in [0.15, 0.2) is 48.5 Å². The van der Waals surface area contributed by atoms with E-state index in [-0.39, 0.29) is 40.7 Å². The molecule has 1 aliphatic carbocycles. The molecule has 154 valence electrons. The third kappa shape index (κ3) is 3.56. The van der Waals surface area contributed by atoms with E-state index in [1.807, 2.05) is 0 Å². The van der Waals surface area contributed by atoms with E-state index in [4.69, 9.17) is 4.74 Å². The van der Waals surface area contributed by atoms with Crippen molar-refractivity contribution in [1.82, 2.24) is 0 Å². The van der Waals surface area contributed by atoms with E-state index in [0.717, 1.165) is 19.3 Å². The van der Waals surface area contributed by atoms with Crippen LogP contribution >= 0.6 is 0 Å². The Kier molecular flexibility index (Phi) is 5.07. The lowest BCUT2D eigenvalue weighted by molar-refractivity contribution is -0.384. The molecule has 8 nitrogen and oxygen atoms in total. The lowest BCUT2D eigenvalue weighted by atomic mass is 9.76. The number of carbonyl (C=O) groups excluding carboxylic acids is 3. The molecule has 0 radical (unpaired) electrons. The zero-order chi connectivity index (χ0) is 21.4. The highest BCUT2D eigenvalue weighted by Gasteiger charge is 2.49. The number of benzene rings is 2. The van der Waals surface area contributed by atoms with Crippen molar-refractivity contribution in [1.29, 1.82) is 0 Å². The Morgan fingerprint density at radius 1 is 1.00 bits per heavy atom. The van der Waals surface area contributed by atoms with E-state index < -0.39 is 10.9 Å². The van der Waals surface area contributed by atoms with Crippen molar-refractivity contribution in [2.75, 3.05) is 4.90 Å². The molecular formula is C22H20N2O6. The summed E-state index contributed by atoms with van der Waals surface area (Å²) in [6, 6.07) is 11.3. The van der Waals surface area contributed by atoms with Crippen molar-refractivity contribution in [2.24, 2.45) is 17.8 Å². The first-order chi connectivity index (χ1) is 14.3. The van der Waals surface area contributed by atoms with Gasteiger partial charge in [0.1, 0.15) is 5.75 Å². The predicted molar refractivity (Wildman–Crippen MR) is 107 cm³/mol. The number of nitro benzene ring substituents is 1. The lowest BCUT2D eigenvalue weighted by Crippen LogP contribution is -2.30. The first-order valence-electron chi connectivity index (χ1n) is 9.79. The molecule has 1 heterocycles. The minimum absolute atomic E-state index is 0.103. The van der Waals surface area contributed by atoms with Gasteiger partial charge in [-0.3, -0.25) is 24.6 Å². The summed E-state index contributed by atoms with van der Waals surface area (Å²) in [4.78, 5) is 49.3. The maximum atomic E-state index is 12.8. The van der Waals surface area contributed by atoms with E-state index >= 15 is 0 Å². The number of ether oxygens (including phenoxy) is 1. The molecule has 30 heavy (non-hydrogen) atoms. The fourth-order valence-electron chi connectivity index (χ4n) is 4.19. The highest BCUT2D eigenvalue weighted by Crippen LogP contribution is 2.42. The zero-order valence-corrected chi connectivity index (χ0v) is 16.3. The number of nitro groups is 1. The average molecular weight is 408 g/mol. The molecule has 3 atom stereocenters. The molecule has 4 rings (SSSR count). The topological polar surface area (TPSA) is 107 Å². The fraction of sp³-hybridized carbons (Fsp3) is 0.318. The quantitative estimate of drug-likeness (QED) is 0.251. The molecule has 0 bridgehead atoms. The van der Waals surface area contributed by atoms with Gasteiger partial charge in [0.25, 0.3) is 5.69 Å². The number of rotatable bonds is 4. The summed E-state index contributed by atoms with van der Waals surface area (Å²) < 4.78 is 5.22. The first kappa shape index (κ1) is 19.8. The van der Waals surface area contributed by atoms with E-state index in [1.54, 1.807) is 12.1 Å². The largest absolute Gasteiger partial charge is 0.423 e. The van der Waals surface area contributed by atoms with E-state index in [1.165, 1.54) is 41.3 Å². The van der Waals surface area contributed by atoms with Gasteiger partial charge in [-0.15, -0.1) is 0 Å². The molecule has 2 aromatic rings. The van der Waals surface area contributed by atoms with Gasteiger partial charge in [-0.2, -0.15) is 0 Å². The monoisotopic (exact) mass is 408 g/mol. The SMILES string of the molecule is C[C@@H]1CC[C@@H]2C(=O)N(c3ccc(C(=O)Oc4ccc([N+](=O)[O-])cc4)cc3)C(=O)[C@@H]2C1. The second kappa shape index (κ2) is 7.70. The molecule has 2 fully saturated rings. The number of imide groups is 1. The van der Waals surface area contributed by atoms with Crippen LogP contribution in [-0.2, 0) is 9.59 Å². The Morgan fingerprint density at radius 2 is 1.63 bits per heavy atom. The third-order valence-corrected chi connectivity index (χ3v) is 5.81. The summed E-state index contributed by atoms with van der Waals surface area (Å²) in [5, 5.41) is 10.7. The number of amides is 2. The van der Waals surface area contributed by atoms with Crippen molar-refractivity contribution in [3.05, 3.63) is 64.2 Å². The van der Waals surface area contributed by atoms with Gasteiger partial charge in [-0.25, -0.2) is 4.79 Å². The van der Waals surface area contributed by atoms with E-state index in [9.17, 15) is 24.5 Å². The van der Waals surface area contributed by atoms with Gasteiger partial charge in [0.15, 0.2) is 0 Å². The summed E-state index contributed by atoms with van der Waals surface area (Å²) in [5.41, 5.74) is 0.579. The highest BCUT2D eigenvalue weighted by molar-refractivity contribution is 6.22. The van der Waals surface area contributed by atoms with Gasteiger partial charge in [0.2, 0.25) is 11.8 Å². The molecule has 2 amide bonds. The van der Waals surface area contributed by atoms with Gasteiger partial charge in [-0.1, -0.05) is 6.92 Å². The Bertz CT molecular complexity index is 1010. The number of esters is 1. The molecule has 2 aliphatic rings. The van der Waals surface area contributed by atoms with Crippen LogP contribution in [0.4, 0.5) is 11.4 Å². The molecule has 0 unspecified atom stereocenters. The smallest absolute Gasteiger partial charge is 0.343 e. The molecular weight excluding hydrogens is 388 g/mol. The fourth-order valence-corrected chi connectivity index (χ4v) is 4.19. The number of fused-ring (bicyclic) bond motifs is 1. The first-order valence-corrected chi connectivity index (χ1v) is 9.79. The summed E-state index contributed by atoms with van der Waals surface area (Å²) in [5.74, 6) is -0.876. The minimum atomic E-state index is -0.642. The summed E-state index contributed by atoms with van der Waals surface area (Å²) >= 11 is 0. The Balaban J connectivity index is 1.47. The summed E-state index contributed by atoms with van der Waals surface area (Å²) in [6.45, 7) is 2.10. The molecule has 0 spiro atoms. The number of carbonyl (C=O) groups is 3. The van der Waals surface area contributed by atoms with Crippen molar-refractivity contribution in [2.45, 2.75) is 26.2 Å². The van der Waals surface area contributed by atoms with Crippen molar-refractivity contribution in [3.8, 4) is 5.75 Å². The summed E-state index contributed by atoms with van der Waals surface area (Å²) in [7, 11) is 0. The number of hydrogen-bond donors (Lipinski definition) is 0. The second-order valence-corrected chi connectivity index (χ2v) is 7.83. The molecule has 0 aromatic heterocycles. The molecule has 1 aliphatic heterocycles. The normalized spacial score (nSPS) is 23.2. The van der Waals surface area contributed by atoms with Crippen LogP contribution in [0, 0.1) is 27.9 Å². The summed E-state index contributed by atoms with van der Waals surface area (Å²) in [6.07, 6.45) is 2.40. The van der Waals surface area contributed by atoms with Gasteiger partial charge >= 0.3 is 5.97 Å². The van der Waals surface area contributed by atoms with Gasteiger partial charge in [-0.05, 0) is 61.6 Å². The van der Waals surface area contributed by atoms with Crippen LogP contribution in [0.5, 0.6) is 5.75 Å². The van der Waals surface area contributed by atoms with Gasteiger partial charge < -0.3 is 4.74 Å². The minimum Gasteiger partial charge on any atom is -0.423 e. The van der Waals surface area contributed by atoms with Crippen LogP contribution in [0.1, 0.15) is 36.5 Å². The van der Waals surface area contributed by atoms with Gasteiger partial charge in [0, 0.05) is 12.1 Å². The number of hydrogen-bond acceptors (Lipinski definition) is 6. The Morgan fingerprint density at radius 3 is 2.27 bits per heavy atom. The highest BCUT2D eigenvalue weighted by atomic mass is 16.6. The zero-order valence-electron chi connectivity index (χ0n) is 16.3.